The Kier molecular flexibility index (Phi) is 10.9. The first-order chi connectivity index (χ1) is 17.9. The van der Waals surface area contributed by atoms with Crippen molar-refractivity contribution in [1.29, 1.82) is 0 Å². The summed E-state index contributed by atoms with van der Waals surface area (Å²) in [6.45, 7) is 6.19. The summed E-state index contributed by atoms with van der Waals surface area (Å²) in [7, 11) is 4.43. The summed E-state index contributed by atoms with van der Waals surface area (Å²) in [5.74, 6) is 1.61. The molecule has 0 radical (unpaired) electrons. The van der Waals surface area contributed by atoms with E-state index in [0.717, 1.165) is 38.4 Å². The van der Waals surface area contributed by atoms with E-state index in [0.29, 0.717) is 17.9 Å². The van der Waals surface area contributed by atoms with E-state index >= 15 is 0 Å². The van der Waals surface area contributed by atoms with Crippen LogP contribution in [0.2, 0.25) is 0 Å². The Hall–Kier alpha value is -0.490. The Morgan fingerprint density at radius 3 is 1.68 bits per heavy atom. The van der Waals surface area contributed by atoms with Crippen LogP contribution in [0.25, 0.3) is 0 Å². The van der Waals surface area contributed by atoms with E-state index in [-0.39, 0.29) is 11.0 Å². The van der Waals surface area contributed by atoms with Gasteiger partial charge in [0.05, 0.1) is 6.61 Å². The lowest BCUT2D eigenvalue weighted by molar-refractivity contribution is -0.123. The summed E-state index contributed by atoms with van der Waals surface area (Å²) < 4.78 is 0. The van der Waals surface area contributed by atoms with Crippen LogP contribution >= 0.6 is 0 Å². The largest absolute Gasteiger partial charge is 0.394 e. The van der Waals surface area contributed by atoms with Crippen molar-refractivity contribution < 1.29 is 9.90 Å². The molecule has 2 aliphatic heterocycles. The van der Waals surface area contributed by atoms with Gasteiger partial charge in [-0.3, -0.25) is 0 Å². The number of nitrogens with zero attached hydrogens (tertiary/aromatic N) is 2. The first-order valence-corrected chi connectivity index (χ1v) is 16.1. The molecule has 0 atom stereocenters. The number of carbonyl (C=O) groups is 1. The van der Waals surface area contributed by atoms with Crippen molar-refractivity contribution in [2.45, 2.75) is 121 Å². The highest BCUT2D eigenvalue weighted by atomic mass is 16.3. The zero-order valence-corrected chi connectivity index (χ0v) is 24.5. The van der Waals surface area contributed by atoms with Crippen LogP contribution < -0.4 is 5.32 Å². The van der Waals surface area contributed by atoms with Gasteiger partial charge in [-0.15, -0.1) is 0 Å². The van der Waals surface area contributed by atoms with E-state index in [1.54, 1.807) is 0 Å². The third-order valence-corrected chi connectivity index (χ3v) is 11.7. The molecule has 5 rings (SSSR count). The Morgan fingerprint density at radius 2 is 1.19 bits per heavy atom. The second-order valence-electron chi connectivity index (χ2n) is 14.0. The zero-order valence-electron chi connectivity index (χ0n) is 24.5. The Morgan fingerprint density at radius 1 is 0.703 bits per heavy atom. The minimum Gasteiger partial charge on any atom is -0.394 e. The van der Waals surface area contributed by atoms with Gasteiger partial charge in [-0.05, 0) is 122 Å². The fourth-order valence-corrected chi connectivity index (χ4v) is 8.65. The van der Waals surface area contributed by atoms with E-state index in [2.05, 4.69) is 29.2 Å². The number of rotatable bonds is 7. The molecular formula is C32H59N3O2. The van der Waals surface area contributed by atoms with Crippen molar-refractivity contribution in [2.75, 3.05) is 53.4 Å². The quantitative estimate of drug-likeness (QED) is 0.427. The summed E-state index contributed by atoms with van der Waals surface area (Å²) >= 11 is 0. The second-order valence-corrected chi connectivity index (χ2v) is 14.0. The number of aldehydes is 1. The van der Waals surface area contributed by atoms with Gasteiger partial charge >= 0.3 is 0 Å². The molecule has 5 aliphatic rings. The third-order valence-electron chi connectivity index (χ3n) is 11.7. The van der Waals surface area contributed by atoms with Gasteiger partial charge in [-0.2, -0.15) is 0 Å². The van der Waals surface area contributed by atoms with Gasteiger partial charge in [0.15, 0.2) is 0 Å². The summed E-state index contributed by atoms with van der Waals surface area (Å²) in [6.07, 6.45) is 25.0. The van der Waals surface area contributed by atoms with Crippen LogP contribution in [0.3, 0.4) is 0 Å². The Balaban J connectivity index is 0.000000186. The van der Waals surface area contributed by atoms with Gasteiger partial charge in [0.2, 0.25) is 0 Å². The minimum absolute atomic E-state index is 0.0466. The van der Waals surface area contributed by atoms with Gasteiger partial charge in [0.25, 0.3) is 0 Å². The molecule has 0 bridgehead atoms. The van der Waals surface area contributed by atoms with E-state index in [1.807, 2.05) is 0 Å². The lowest BCUT2D eigenvalue weighted by atomic mass is 9.63. The average molecular weight is 518 g/mol. The standard InChI is InChI=1S/C19H36N2O.C13H23NO/c1-21-13-11-18(12-14-21,17-7-3-2-4-8-17)15-20-19(16-22)9-5-6-10-19;1-14-9-7-13(11-15,8-10-14)12-5-3-2-4-6-12/h17,20,22H,2-16H2,1H3;11-12H,2-10H2,1H3. The highest BCUT2D eigenvalue weighted by Crippen LogP contribution is 2.46. The lowest BCUT2D eigenvalue weighted by Crippen LogP contribution is -2.55. The predicted molar refractivity (Wildman–Crippen MR) is 154 cm³/mol. The maximum absolute atomic E-state index is 11.5. The monoisotopic (exact) mass is 517 g/mol. The van der Waals surface area contributed by atoms with Crippen molar-refractivity contribution in [2.24, 2.45) is 22.7 Å². The second kappa shape index (κ2) is 13.7. The summed E-state index contributed by atoms with van der Waals surface area (Å²) in [5, 5.41) is 13.8. The van der Waals surface area contributed by atoms with Gasteiger partial charge in [0, 0.05) is 17.5 Å². The van der Waals surface area contributed by atoms with Gasteiger partial charge in [-0.1, -0.05) is 51.4 Å². The molecule has 0 aromatic carbocycles. The predicted octanol–water partition coefficient (Wildman–Crippen LogP) is 5.65. The molecule has 2 saturated heterocycles. The number of hydrogen-bond acceptors (Lipinski definition) is 5. The molecule has 0 unspecified atom stereocenters. The molecule has 5 nitrogen and oxygen atoms in total. The molecule has 0 amide bonds. The van der Waals surface area contributed by atoms with Crippen LogP contribution in [0.1, 0.15) is 116 Å². The fraction of sp³-hybridized carbons (Fsp3) is 0.969. The zero-order chi connectivity index (χ0) is 26.2. The first-order valence-electron chi connectivity index (χ1n) is 16.1. The first kappa shape index (κ1) is 29.5. The van der Waals surface area contributed by atoms with E-state index in [1.165, 1.54) is 122 Å². The van der Waals surface area contributed by atoms with Crippen molar-refractivity contribution in [3.05, 3.63) is 0 Å². The van der Waals surface area contributed by atoms with Crippen LogP contribution in [0, 0.1) is 22.7 Å². The smallest absolute Gasteiger partial charge is 0.126 e. The number of carbonyl (C=O) groups excluding carboxylic acids is 1. The molecule has 37 heavy (non-hydrogen) atoms. The minimum atomic E-state index is 0.0466. The Bertz CT molecular complexity index is 664. The molecule has 3 aliphatic carbocycles. The van der Waals surface area contributed by atoms with Gasteiger partial charge < -0.3 is 25.0 Å². The normalized spacial score (nSPS) is 29.4. The molecule has 2 heterocycles. The van der Waals surface area contributed by atoms with E-state index < -0.39 is 0 Å². The van der Waals surface area contributed by atoms with Crippen molar-refractivity contribution in [3.63, 3.8) is 0 Å². The van der Waals surface area contributed by atoms with E-state index in [9.17, 15) is 9.90 Å². The lowest BCUT2D eigenvalue weighted by Gasteiger charge is -2.49. The maximum atomic E-state index is 11.5. The molecule has 2 N–H and O–H groups in total. The van der Waals surface area contributed by atoms with E-state index in [4.69, 9.17) is 0 Å². The number of aliphatic hydroxyl groups excluding tert-OH is 1. The number of aliphatic hydroxyl groups is 1. The third kappa shape index (κ3) is 7.38. The van der Waals surface area contributed by atoms with Crippen LogP contribution in [0.5, 0.6) is 0 Å². The number of likely N-dealkylation sites (tertiary alicyclic amines) is 2. The molecular weight excluding hydrogens is 458 g/mol. The van der Waals surface area contributed by atoms with Gasteiger partial charge in [0.1, 0.15) is 6.29 Å². The fourth-order valence-electron chi connectivity index (χ4n) is 8.65. The van der Waals surface area contributed by atoms with Crippen LogP contribution in [0.15, 0.2) is 0 Å². The van der Waals surface area contributed by atoms with Crippen LogP contribution in [-0.4, -0.2) is 80.2 Å². The molecule has 5 heteroatoms. The van der Waals surface area contributed by atoms with Crippen LogP contribution in [0.4, 0.5) is 0 Å². The summed E-state index contributed by atoms with van der Waals surface area (Å²) in [5.41, 5.74) is 0.593. The van der Waals surface area contributed by atoms with Crippen LogP contribution in [-0.2, 0) is 4.79 Å². The summed E-state index contributed by atoms with van der Waals surface area (Å²) in [4.78, 5) is 16.3. The molecule has 0 spiro atoms. The highest BCUT2D eigenvalue weighted by Gasteiger charge is 2.44. The topological polar surface area (TPSA) is 55.8 Å². The molecule has 5 fully saturated rings. The Labute approximate surface area is 228 Å². The SMILES string of the molecule is CN1CCC(C=O)(C2CCCCC2)CC1.CN1CCC(CNC2(CO)CCCC2)(C2CCCCC2)CC1. The molecule has 0 aromatic heterocycles. The average Bonchev–Trinajstić information content (AvgIpc) is 3.45. The number of nitrogens with one attached hydrogen (secondary N) is 1. The number of piperidine rings is 2. The number of hydrogen-bond donors (Lipinski definition) is 2. The molecule has 0 aromatic rings. The molecule has 214 valence electrons. The van der Waals surface area contributed by atoms with Crippen molar-refractivity contribution >= 4 is 6.29 Å². The maximum Gasteiger partial charge on any atom is 0.126 e. The highest BCUT2D eigenvalue weighted by molar-refractivity contribution is 5.60. The van der Waals surface area contributed by atoms with Gasteiger partial charge in [-0.25, -0.2) is 0 Å². The summed E-state index contributed by atoms with van der Waals surface area (Å²) in [6, 6.07) is 0. The van der Waals surface area contributed by atoms with Crippen molar-refractivity contribution in [3.8, 4) is 0 Å². The molecule has 3 saturated carbocycles. The van der Waals surface area contributed by atoms with Crippen molar-refractivity contribution in [1.82, 2.24) is 15.1 Å².